The van der Waals surface area contributed by atoms with E-state index >= 15 is 0 Å². The quantitative estimate of drug-likeness (QED) is 0.418. The van der Waals surface area contributed by atoms with Crippen LogP contribution in [0.25, 0.3) is 0 Å². The van der Waals surface area contributed by atoms with E-state index in [0.29, 0.717) is 17.2 Å². The lowest BCUT2D eigenvalue weighted by Crippen LogP contribution is -2.56. The molecule has 0 saturated heterocycles. The molecule has 7 heteroatoms. The Kier molecular flexibility index (Phi) is 4.23. The summed E-state index contributed by atoms with van der Waals surface area (Å²) in [4.78, 5) is 15.5. The zero-order chi connectivity index (χ0) is 22.2. The van der Waals surface area contributed by atoms with Crippen LogP contribution in [0.1, 0.15) is 34.7 Å². The summed E-state index contributed by atoms with van der Waals surface area (Å²) in [6.07, 6.45) is 0.661. The lowest BCUT2D eigenvalue weighted by Gasteiger charge is -2.44. The first-order chi connectivity index (χ1) is 15.4. The van der Waals surface area contributed by atoms with Crippen LogP contribution < -0.4 is 9.64 Å². The van der Waals surface area contributed by atoms with Gasteiger partial charge in [-0.05, 0) is 55.0 Å². The van der Waals surface area contributed by atoms with Crippen LogP contribution in [0.4, 0.5) is 5.69 Å². The average Bonchev–Trinajstić information content (AvgIpc) is 3.31. The summed E-state index contributed by atoms with van der Waals surface area (Å²) in [6.45, 7) is 2.02. The topological polar surface area (TPSA) is 45.1 Å². The average molecular weight is 509 g/mol. The van der Waals surface area contributed by atoms with E-state index in [0.717, 1.165) is 38.1 Å². The predicted molar refractivity (Wildman–Crippen MR) is 128 cm³/mol. The Morgan fingerprint density at radius 3 is 2.69 bits per heavy atom. The molecule has 6 rings (SSSR count). The largest absolute Gasteiger partial charge is 0.453 e. The molecule has 0 saturated carbocycles. The Bertz CT molecular complexity index is 1320. The van der Waals surface area contributed by atoms with Gasteiger partial charge in [-0.15, -0.1) is 0 Å². The maximum absolute atomic E-state index is 13.8. The van der Waals surface area contributed by atoms with Crippen molar-refractivity contribution < 1.29 is 9.53 Å². The third kappa shape index (κ3) is 2.63. The molecule has 0 bridgehead atoms. The fourth-order valence-corrected chi connectivity index (χ4v) is 5.43. The first-order valence-electron chi connectivity index (χ1n) is 10.4. The number of amides is 1. The Balaban J connectivity index is 1.59. The van der Waals surface area contributed by atoms with Crippen molar-refractivity contribution in [2.45, 2.75) is 25.1 Å². The fraction of sp³-hybridized carbons (Fsp3) is 0.200. The van der Waals surface area contributed by atoms with E-state index in [4.69, 9.17) is 21.4 Å². The minimum atomic E-state index is -1.34. The number of rotatable bonds is 1. The number of halogens is 2. The number of benzene rings is 3. The van der Waals surface area contributed by atoms with Gasteiger partial charge in [-0.1, -0.05) is 51.3 Å². The molecule has 0 unspecified atom stereocenters. The summed E-state index contributed by atoms with van der Waals surface area (Å²) in [5, 5.41) is 7.55. The molecule has 2 atom stereocenters. The van der Waals surface area contributed by atoms with Gasteiger partial charge in [0.2, 0.25) is 0 Å². The van der Waals surface area contributed by atoms with Crippen LogP contribution in [0.3, 0.4) is 0 Å². The van der Waals surface area contributed by atoms with Crippen LogP contribution in [0, 0.1) is 6.92 Å². The molecule has 3 aromatic carbocycles. The molecule has 0 radical (unpaired) electrons. The second-order valence-corrected chi connectivity index (χ2v) is 9.78. The zero-order valence-corrected chi connectivity index (χ0v) is 19.8. The van der Waals surface area contributed by atoms with Crippen molar-refractivity contribution in [3.63, 3.8) is 0 Å². The molecule has 3 aliphatic rings. The SMILES string of the molecule is Cc1ccc2c(c1)[C@]1(Oc3ccc(Br)cc3[C@@H]3CC(c4ccc(Cl)cc4)=NN31)C(=O)N2C. The molecule has 3 aliphatic heterocycles. The number of carbonyl (C=O) groups excluding carboxylic acids is 1. The van der Waals surface area contributed by atoms with Crippen molar-refractivity contribution in [1.82, 2.24) is 5.01 Å². The standard InChI is InChI=1S/C25H19BrClN3O2/c1-14-3-9-21-19(11-14)25(24(31)29(21)2)30-22(18-12-16(26)6-10-23(18)32-25)13-20(28-30)15-4-7-17(27)8-5-15/h3-12,22H,13H2,1-2H3/t22-,25-/m0/s1. The van der Waals surface area contributed by atoms with Crippen LogP contribution >= 0.6 is 27.5 Å². The molecular formula is C25H19BrClN3O2. The normalized spacial score (nSPS) is 23.1. The van der Waals surface area contributed by atoms with Gasteiger partial charge in [0.05, 0.1) is 23.0 Å². The molecule has 160 valence electrons. The number of hydrogen-bond acceptors (Lipinski definition) is 4. The van der Waals surface area contributed by atoms with Gasteiger partial charge in [-0.25, -0.2) is 5.01 Å². The summed E-state index contributed by atoms with van der Waals surface area (Å²) in [5.74, 6) is 0.566. The molecule has 1 spiro atoms. The number of likely N-dealkylation sites (N-methyl/N-ethyl adjacent to an activating group) is 1. The Morgan fingerprint density at radius 2 is 1.91 bits per heavy atom. The minimum Gasteiger partial charge on any atom is -0.453 e. The number of anilines is 1. The lowest BCUT2D eigenvalue weighted by molar-refractivity contribution is -0.163. The summed E-state index contributed by atoms with van der Waals surface area (Å²) >= 11 is 9.69. The molecule has 0 aromatic heterocycles. The number of carbonyl (C=O) groups is 1. The van der Waals surface area contributed by atoms with Crippen LogP contribution in [0.15, 0.2) is 70.2 Å². The Labute approximate surface area is 199 Å². The molecule has 0 aliphatic carbocycles. The molecule has 0 N–H and O–H groups in total. The first-order valence-corrected chi connectivity index (χ1v) is 11.6. The fourth-order valence-electron chi connectivity index (χ4n) is 4.92. The van der Waals surface area contributed by atoms with Crippen molar-refractivity contribution in [1.29, 1.82) is 0 Å². The van der Waals surface area contributed by atoms with Gasteiger partial charge in [-0.2, -0.15) is 5.10 Å². The highest BCUT2D eigenvalue weighted by molar-refractivity contribution is 9.10. The summed E-state index contributed by atoms with van der Waals surface area (Å²) in [5.41, 5.74) is 4.29. The monoisotopic (exact) mass is 507 g/mol. The van der Waals surface area contributed by atoms with Crippen molar-refractivity contribution in [3.8, 4) is 5.75 Å². The van der Waals surface area contributed by atoms with Gasteiger partial charge in [0, 0.05) is 28.5 Å². The maximum Gasteiger partial charge on any atom is 0.306 e. The van der Waals surface area contributed by atoms with Gasteiger partial charge in [0.25, 0.3) is 5.91 Å². The summed E-state index contributed by atoms with van der Waals surface area (Å²) in [7, 11) is 1.79. The third-order valence-corrected chi connectivity index (χ3v) is 7.22. The molecule has 0 fully saturated rings. The van der Waals surface area contributed by atoms with Crippen molar-refractivity contribution in [2.75, 3.05) is 11.9 Å². The number of hydrogen-bond donors (Lipinski definition) is 0. The Hall–Kier alpha value is -2.83. The van der Waals surface area contributed by atoms with Gasteiger partial charge in [0.1, 0.15) is 5.75 Å². The minimum absolute atomic E-state index is 0.134. The van der Waals surface area contributed by atoms with Crippen molar-refractivity contribution in [3.05, 3.63) is 92.4 Å². The second kappa shape index (κ2) is 6.83. The molecule has 5 nitrogen and oxygen atoms in total. The van der Waals surface area contributed by atoms with Gasteiger partial charge in [0.15, 0.2) is 0 Å². The number of ether oxygens (including phenoxy) is 1. The van der Waals surface area contributed by atoms with Crippen molar-refractivity contribution in [2.24, 2.45) is 5.10 Å². The lowest BCUT2D eigenvalue weighted by atomic mass is 9.92. The number of hydrazone groups is 1. The van der Waals surface area contributed by atoms with Crippen LogP contribution in [-0.4, -0.2) is 23.7 Å². The zero-order valence-electron chi connectivity index (χ0n) is 17.5. The van der Waals surface area contributed by atoms with Crippen LogP contribution in [-0.2, 0) is 10.5 Å². The number of nitrogens with zero attached hydrogens (tertiary/aromatic N) is 3. The molecule has 1 amide bonds. The van der Waals surface area contributed by atoms with Gasteiger partial charge < -0.3 is 9.64 Å². The smallest absolute Gasteiger partial charge is 0.306 e. The molecular weight excluding hydrogens is 490 g/mol. The van der Waals surface area contributed by atoms with Crippen molar-refractivity contribution >= 4 is 44.8 Å². The summed E-state index contributed by atoms with van der Waals surface area (Å²) < 4.78 is 7.56. The highest BCUT2D eigenvalue weighted by Gasteiger charge is 2.62. The number of fused-ring (bicyclic) bond motifs is 6. The van der Waals surface area contributed by atoms with E-state index in [2.05, 4.69) is 22.0 Å². The van der Waals surface area contributed by atoms with Gasteiger partial charge >= 0.3 is 5.72 Å². The molecule has 32 heavy (non-hydrogen) atoms. The van der Waals surface area contributed by atoms with E-state index in [1.807, 2.05) is 66.5 Å². The first kappa shape index (κ1) is 19.8. The van der Waals surface area contributed by atoms with E-state index < -0.39 is 5.72 Å². The second-order valence-electron chi connectivity index (χ2n) is 8.43. The van der Waals surface area contributed by atoms with E-state index in [1.165, 1.54) is 0 Å². The third-order valence-electron chi connectivity index (χ3n) is 6.47. The van der Waals surface area contributed by atoms with Crippen LogP contribution in [0.2, 0.25) is 5.02 Å². The predicted octanol–water partition coefficient (Wildman–Crippen LogP) is 5.78. The molecule has 3 aromatic rings. The Morgan fingerprint density at radius 1 is 1.12 bits per heavy atom. The van der Waals surface area contributed by atoms with E-state index in [9.17, 15) is 4.79 Å². The van der Waals surface area contributed by atoms with E-state index in [-0.39, 0.29) is 11.9 Å². The highest BCUT2D eigenvalue weighted by atomic mass is 79.9. The van der Waals surface area contributed by atoms with Gasteiger partial charge in [-0.3, -0.25) is 4.79 Å². The highest BCUT2D eigenvalue weighted by Crippen LogP contribution is 2.55. The van der Waals surface area contributed by atoms with Crippen LogP contribution in [0.5, 0.6) is 5.75 Å². The molecule has 3 heterocycles. The maximum atomic E-state index is 13.8. The summed E-state index contributed by atoms with van der Waals surface area (Å²) in [6, 6.07) is 19.5. The van der Waals surface area contributed by atoms with E-state index in [1.54, 1.807) is 11.9 Å². The number of aryl methyl sites for hydroxylation is 1.